The first-order chi connectivity index (χ1) is 7.52. The second-order valence-electron chi connectivity index (χ2n) is 3.42. The molecule has 1 aromatic heterocycles. The molecule has 0 saturated carbocycles. The van der Waals surface area contributed by atoms with Crippen LogP contribution in [-0.4, -0.2) is 32.2 Å². The van der Waals surface area contributed by atoms with Crippen LogP contribution < -0.4 is 10.9 Å². The summed E-state index contributed by atoms with van der Waals surface area (Å²) in [6, 6.07) is 0. The van der Waals surface area contributed by atoms with Crippen LogP contribution in [0.3, 0.4) is 0 Å². The predicted molar refractivity (Wildman–Crippen MR) is 69.2 cm³/mol. The molecule has 0 amide bonds. The molecule has 7 heteroatoms. The monoisotopic (exact) mass is 307 g/mol. The van der Waals surface area contributed by atoms with Crippen LogP contribution in [0.15, 0.2) is 15.6 Å². The molecule has 2 unspecified atom stereocenters. The topological polar surface area (TPSA) is 74.8 Å². The van der Waals surface area contributed by atoms with Crippen LogP contribution in [0.25, 0.3) is 0 Å². The number of hydrogen-bond acceptors (Lipinski definition) is 4. The van der Waals surface area contributed by atoms with E-state index in [9.17, 15) is 9.00 Å². The summed E-state index contributed by atoms with van der Waals surface area (Å²) in [6.45, 7) is 2.56. The average Bonchev–Trinajstić information content (AvgIpc) is 2.24. The molecule has 16 heavy (non-hydrogen) atoms. The van der Waals surface area contributed by atoms with Crippen molar-refractivity contribution in [3.63, 3.8) is 0 Å². The van der Waals surface area contributed by atoms with Gasteiger partial charge in [-0.05, 0) is 22.4 Å². The minimum atomic E-state index is -0.818. The molecule has 0 aliphatic carbocycles. The highest BCUT2D eigenvalue weighted by molar-refractivity contribution is 9.10. The fourth-order valence-corrected chi connectivity index (χ4v) is 1.87. The number of H-pyrrole nitrogens is 1. The fourth-order valence-electron chi connectivity index (χ4n) is 1.07. The first-order valence-corrected chi connectivity index (χ1v) is 7.23. The van der Waals surface area contributed by atoms with Gasteiger partial charge in [0.15, 0.2) is 0 Å². The lowest BCUT2D eigenvalue weighted by atomic mass is 10.3. The number of nitrogens with zero attached hydrogens (tertiary/aromatic N) is 1. The summed E-state index contributed by atoms with van der Waals surface area (Å²) in [5.74, 6) is 0.512. The van der Waals surface area contributed by atoms with Crippen molar-refractivity contribution in [3.05, 3.63) is 21.2 Å². The zero-order valence-electron chi connectivity index (χ0n) is 9.12. The summed E-state index contributed by atoms with van der Waals surface area (Å²) in [4.78, 5) is 17.7. The molecule has 0 spiro atoms. The maximum Gasteiger partial charge on any atom is 0.267 e. The van der Waals surface area contributed by atoms with E-state index in [-0.39, 0.29) is 10.8 Å². The lowest BCUT2D eigenvalue weighted by Gasteiger charge is -2.10. The average molecular weight is 308 g/mol. The molecule has 1 rings (SSSR count). The number of aromatic amines is 1. The highest BCUT2D eigenvalue weighted by Gasteiger charge is 2.07. The third-order valence-corrected chi connectivity index (χ3v) is 4.31. The summed E-state index contributed by atoms with van der Waals surface area (Å²) in [7, 11) is -0.818. The van der Waals surface area contributed by atoms with Gasteiger partial charge >= 0.3 is 0 Å². The van der Waals surface area contributed by atoms with Crippen molar-refractivity contribution >= 4 is 32.5 Å². The van der Waals surface area contributed by atoms with Crippen LogP contribution in [0.1, 0.15) is 13.3 Å². The van der Waals surface area contributed by atoms with E-state index in [0.717, 1.165) is 6.42 Å². The molecule has 1 heterocycles. The van der Waals surface area contributed by atoms with Gasteiger partial charge in [-0.1, -0.05) is 6.92 Å². The minimum Gasteiger partial charge on any atom is -0.369 e. The molecule has 0 aliphatic heterocycles. The van der Waals surface area contributed by atoms with Gasteiger partial charge in [-0.3, -0.25) is 9.00 Å². The van der Waals surface area contributed by atoms with Crippen LogP contribution in [-0.2, 0) is 10.8 Å². The van der Waals surface area contributed by atoms with Crippen molar-refractivity contribution in [1.29, 1.82) is 0 Å². The molecule has 90 valence electrons. The van der Waals surface area contributed by atoms with Gasteiger partial charge in [-0.25, -0.2) is 4.98 Å². The van der Waals surface area contributed by atoms with Gasteiger partial charge in [0.25, 0.3) is 5.56 Å². The van der Waals surface area contributed by atoms with E-state index in [4.69, 9.17) is 0 Å². The SMILES string of the molecule is CC(CCNc1nc[nH]c(=O)c1Br)S(C)=O. The maximum atomic E-state index is 11.2. The molecule has 0 fully saturated rings. The molecule has 5 nitrogen and oxygen atoms in total. The van der Waals surface area contributed by atoms with Gasteiger partial charge in [0.05, 0.1) is 6.33 Å². The van der Waals surface area contributed by atoms with Crippen molar-refractivity contribution < 1.29 is 4.21 Å². The van der Waals surface area contributed by atoms with Crippen LogP contribution in [0.2, 0.25) is 0 Å². The Hall–Kier alpha value is -0.690. The first kappa shape index (κ1) is 13.4. The Morgan fingerprint density at radius 1 is 1.69 bits per heavy atom. The minimum absolute atomic E-state index is 0.133. The van der Waals surface area contributed by atoms with Gasteiger partial charge < -0.3 is 10.3 Å². The van der Waals surface area contributed by atoms with Gasteiger partial charge in [0.1, 0.15) is 10.3 Å². The zero-order valence-corrected chi connectivity index (χ0v) is 11.5. The molecule has 1 aromatic rings. The Balaban J connectivity index is 2.53. The fraction of sp³-hybridized carbons (Fsp3) is 0.556. The quantitative estimate of drug-likeness (QED) is 0.854. The number of aromatic nitrogens is 2. The summed E-state index contributed by atoms with van der Waals surface area (Å²) < 4.78 is 11.5. The zero-order chi connectivity index (χ0) is 12.1. The van der Waals surface area contributed by atoms with E-state index in [2.05, 4.69) is 31.2 Å². The molecule has 0 aliphatic rings. The maximum absolute atomic E-state index is 11.2. The predicted octanol–water partition coefficient (Wildman–Crippen LogP) is 1.10. The highest BCUT2D eigenvalue weighted by atomic mass is 79.9. The smallest absolute Gasteiger partial charge is 0.267 e. The first-order valence-electron chi connectivity index (χ1n) is 4.81. The standard InChI is InChI=1S/C9H14BrN3O2S/c1-6(16(2)15)3-4-11-8-7(10)9(14)13-5-12-8/h5-6H,3-4H2,1-2H3,(H2,11,12,13,14). The van der Waals surface area contributed by atoms with Crippen LogP contribution >= 0.6 is 15.9 Å². The summed E-state index contributed by atoms with van der Waals surface area (Å²) in [5, 5.41) is 3.16. The number of hydrogen-bond donors (Lipinski definition) is 2. The van der Waals surface area contributed by atoms with Crippen molar-refractivity contribution in [2.24, 2.45) is 0 Å². The van der Waals surface area contributed by atoms with E-state index in [0.29, 0.717) is 16.8 Å². The molecular weight excluding hydrogens is 294 g/mol. The summed E-state index contributed by atoms with van der Waals surface area (Å²) in [5.41, 5.74) is -0.218. The van der Waals surface area contributed by atoms with Crippen molar-refractivity contribution in [3.8, 4) is 0 Å². The van der Waals surface area contributed by atoms with Gasteiger partial charge in [0, 0.05) is 28.9 Å². The van der Waals surface area contributed by atoms with E-state index in [1.807, 2.05) is 6.92 Å². The molecule has 0 saturated heterocycles. The molecule has 0 aromatic carbocycles. The van der Waals surface area contributed by atoms with Crippen LogP contribution in [0.5, 0.6) is 0 Å². The Morgan fingerprint density at radius 2 is 2.38 bits per heavy atom. The van der Waals surface area contributed by atoms with Crippen molar-refractivity contribution in [2.45, 2.75) is 18.6 Å². The van der Waals surface area contributed by atoms with E-state index in [1.165, 1.54) is 6.33 Å². The Kier molecular flexibility index (Phi) is 5.14. The second-order valence-corrected chi connectivity index (χ2v) is 6.01. The Bertz CT molecular complexity index is 435. The molecule has 0 bridgehead atoms. The Morgan fingerprint density at radius 3 is 3.00 bits per heavy atom. The summed E-state index contributed by atoms with van der Waals surface area (Å²) >= 11 is 3.15. The van der Waals surface area contributed by atoms with E-state index >= 15 is 0 Å². The number of nitrogens with one attached hydrogen (secondary N) is 2. The van der Waals surface area contributed by atoms with E-state index in [1.54, 1.807) is 6.26 Å². The summed E-state index contributed by atoms with van der Waals surface area (Å²) in [6.07, 6.45) is 3.80. The van der Waals surface area contributed by atoms with Gasteiger partial charge in [-0.15, -0.1) is 0 Å². The third kappa shape index (κ3) is 3.71. The van der Waals surface area contributed by atoms with Crippen molar-refractivity contribution in [2.75, 3.05) is 18.1 Å². The molecular formula is C9H14BrN3O2S. The third-order valence-electron chi connectivity index (χ3n) is 2.21. The number of rotatable bonds is 5. The second kappa shape index (κ2) is 6.15. The highest BCUT2D eigenvalue weighted by Crippen LogP contribution is 2.13. The lowest BCUT2D eigenvalue weighted by molar-refractivity contribution is 0.672. The lowest BCUT2D eigenvalue weighted by Crippen LogP contribution is -2.17. The molecule has 2 N–H and O–H groups in total. The van der Waals surface area contributed by atoms with Crippen molar-refractivity contribution in [1.82, 2.24) is 9.97 Å². The molecule has 0 radical (unpaired) electrons. The number of halogens is 1. The van der Waals surface area contributed by atoms with Gasteiger partial charge in [-0.2, -0.15) is 0 Å². The normalized spacial score (nSPS) is 14.4. The van der Waals surface area contributed by atoms with Gasteiger partial charge in [0.2, 0.25) is 0 Å². The largest absolute Gasteiger partial charge is 0.369 e. The molecule has 2 atom stereocenters. The van der Waals surface area contributed by atoms with E-state index < -0.39 is 10.8 Å². The van der Waals surface area contributed by atoms with Crippen LogP contribution in [0, 0.1) is 0 Å². The number of anilines is 1. The van der Waals surface area contributed by atoms with Crippen LogP contribution in [0.4, 0.5) is 5.82 Å². The Labute approximate surface area is 105 Å².